The molecule has 1 amide bonds. The molecule has 0 aliphatic carbocycles. The zero-order valence-electron chi connectivity index (χ0n) is 16.4. The summed E-state index contributed by atoms with van der Waals surface area (Å²) in [6.07, 6.45) is 0.736. The molecule has 8 heteroatoms. The molecule has 156 valence electrons. The lowest BCUT2D eigenvalue weighted by molar-refractivity contribution is -0.136. The van der Waals surface area contributed by atoms with Gasteiger partial charge in [0.2, 0.25) is 0 Å². The van der Waals surface area contributed by atoms with Crippen molar-refractivity contribution in [2.24, 2.45) is 0 Å². The van der Waals surface area contributed by atoms with Gasteiger partial charge in [-0.2, -0.15) is 0 Å². The van der Waals surface area contributed by atoms with Gasteiger partial charge in [0.25, 0.3) is 5.91 Å². The second-order valence-corrected chi connectivity index (χ2v) is 7.03. The summed E-state index contributed by atoms with van der Waals surface area (Å²) in [6, 6.07) is 12.7. The zero-order valence-corrected chi connectivity index (χ0v) is 17.2. The fourth-order valence-corrected chi connectivity index (χ4v) is 2.77. The van der Waals surface area contributed by atoms with Gasteiger partial charge in [-0.05, 0) is 43.7 Å². The molecule has 0 spiro atoms. The number of hydrogen-bond acceptors (Lipinski definition) is 6. The minimum Gasteiger partial charge on any atom is -0.480 e. The molecule has 7 nitrogen and oxygen atoms in total. The van der Waals surface area contributed by atoms with Crippen LogP contribution in [0.25, 0.3) is 11.0 Å². The van der Waals surface area contributed by atoms with Crippen LogP contribution in [-0.2, 0) is 4.79 Å². The topological polar surface area (TPSA) is 94.8 Å². The number of halogens is 1. The largest absolute Gasteiger partial charge is 0.480 e. The van der Waals surface area contributed by atoms with Crippen LogP contribution >= 0.6 is 11.6 Å². The maximum absolute atomic E-state index is 12.2. The summed E-state index contributed by atoms with van der Waals surface area (Å²) in [5.74, 6) is -0.604. The van der Waals surface area contributed by atoms with Crippen LogP contribution < -0.4 is 20.4 Å². The number of carbonyl (C=O) groups is 2. The van der Waals surface area contributed by atoms with Crippen LogP contribution in [0.2, 0.25) is 5.02 Å². The molecule has 0 aliphatic rings. The summed E-state index contributed by atoms with van der Waals surface area (Å²) < 4.78 is 15.8. The summed E-state index contributed by atoms with van der Waals surface area (Å²) in [5.41, 5.74) is -0.660. The Labute approximate surface area is 177 Å². The van der Waals surface area contributed by atoms with Crippen LogP contribution in [0.3, 0.4) is 0 Å². The number of nitrogens with one attached hydrogen (secondary N) is 1. The number of rotatable bonds is 7. The van der Waals surface area contributed by atoms with Crippen LogP contribution in [0.5, 0.6) is 11.5 Å². The average molecular weight is 430 g/mol. The van der Waals surface area contributed by atoms with Crippen LogP contribution in [-0.4, -0.2) is 24.5 Å². The molecule has 3 rings (SSSR count). The lowest BCUT2D eigenvalue weighted by Gasteiger charge is -2.11. The molecule has 1 atom stereocenters. The standard InChI is InChI=1S/C22H20ClNO6/c1-3-13(2)24-21(26)16-10-14-8-9-15(11-19(14)30-22(16)27)29-20(25)12-28-18-7-5-4-6-17(18)23/h4-11,13H,3,12H2,1-2H3,(H,24,26). The van der Waals surface area contributed by atoms with Crippen molar-refractivity contribution in [2.45, 2.75) is 26.3 Å². The molecule has 1 N–H and O–H groups in total. The van der Waals surface area contributed by atoms with Crippen molar-refractivity contribution in [3.05, 3.63) is 69.5 Å². The van der Waals surface area contributed by atoms with E-state index >= 15 is 0 Å². The Kier molecular flexibility index (Phi) is 6.74. The highest BCUT2D eigenvalue weighted by Gasteiger charge is 2.16. The summed E-state index contributed by atoms with van der Waals surface area (Å²) in [4.78, 5) is 36.5. The molecule has 0 aliphatic heterocycles. The third kappa shape index (κ3) is 5.18. The molecule has 3 aromatic rings. The first-order valence-corrected chi connectivity index (χ1v) is 9.72. The molecule has 1 heterocycles. The van der Waals surface area contributed by atoms with E-state index in [0.717, 1.165) is 6.42 Å². The third-order valence-corrected chi connectivity index (χ3v) is 4.67. The van der Waals surface area contributed by atoms with Crippen molar-refractivity contribution in [3.8, 4) is 11.5 Å². The minimum absolute atomic E-state index is 0.0672. The highest BCUT2D eigenvalue weighted by atomic mass is 35.5. The molecule has 0 fully saturated rings. The highest BCUT2D eigenvalue weighted by molar-refractivity contribution is 6.32. The lowest BCUT2D eigenvalue weighted by Crippen LogP contribution is -2.34. The van der Waals surface area contributed by atoms with Crippen molar-refractivity contribution >= 4 is 34.4 Å². The predicted molar refractivity (Wildman–Crippen MR) is 112 cm³/mol. The highest BCUT2D eigenvalue weighted by Crippen LogP contribution is 2.24. The van der Waals surface area contributed by atoms with Crippen LogP contribution in [0.15, 0.2) is 57.7 Å². The normalized spacial score (nSPS) is 11.7. The number of carbonyl (C=O) groups excluding carboxylic acids is 2. The van der Waals surface area contributed by atoms with Crippen molar-refractivity contribution in [3.63, 3.8) is 0 Å². The molecule has 2 aromatic carbocycles. The zero-order chi connectivity index (χ0) is 21.7. The first-order chi connectivity index (χ1) is 14.4. The Morgan fingerprint density at radius 1 is 1.17 bits per heavy atom. The molecule has 0 saturated heterocycles. The molecule has 0 bridgehead atoms. The number of benzene rings is 2. The molecule has 0 saturated carbocycles. The van der Waals surface area contributed by atoms with E-state index in [1.165, 1.54) is 18.2 Å². The first kappa shape index (κ1) is 21.4. The Hall–Kier alpha value is -3.32. The quantitative estimate of drug-likeness (QED) is 0.347. The van der Waals surface area contributed by atoms with E-state index in [2.05, 4.69) is 5.32 Å². The Morgan fingerprint density at radius 3 is 2.67 bits per heavy atom. The summed E-state index contributed by atoms with van der Waals surface area (Å²) in [6.45, 7) is 3.42. The van der Waals surface area contributed by atoms with Crippen molar-refractivity contribution in [1.29, 1.82) is 0 Å². The second kappa shape index (κ2) is 9.45. The van der Waals surface area contributed by atoms with Gasteiger partial charge in [0.1, 0.15) is 22.6 Å². The fraction of sp³-hybridized carbons (Fsp3) is 0.227. The monoisotopic (exact) mass is 429 g/mol. The second-order valence-electron chi connectivity index (χ2n) is 6.62. The van der Waals surface area contributed by atoms with Crippen LogP contribution in [0.1, 0.15) is 30.6 Å². The maximum Gasteiger partial charge on any atom is 0.349 e. The van der Waals surface area contributed by atoms with Crippen molar-refractivity contribution in [2.75, 3.05) is 6.61 Å². The van der Waals surface area contributed by atoms with Gasteiger partial charge in [-0.25, -0.2) is 9.59 Å². The van der Waals surface area contributed by atoms with E-state index in [0.29, 0.717) is 16.2 Å². The summed E-state index contributed by atoms with van der Waals surface area (Å²) in [5, 5.41) is 3.63. The number of para-hydroxylation sites is 1. The fourth-order valence-electron chi connectivity index (χ4n) is 2.58. The van der Waals surface area contributed by atoms with Crippen molar-refractivity contribution < 1.29 is 23.5 Å². The molecule has 30 heavy (non-hydrogen) atoms. The van der Waals surface area contributed by atoms with Gasteiger partial charge in [-0.3, -0.25) is 4.79 Å². The molecular weight excluding hydrogens is 410 g/mol. The third-order valence-electron chi connectivity index (χ3n) is 4.36. The van der Waals surface area contributed by atoms with Gasteiger partial charge in [-0.15, -0.1) is 0 Å². The van der Waals surface area contributed by atoms with E-state index in [9.17, 15) is 14.4 Å². The van der Waals surface area contributed by atoms with E-state index < -0.39 is 17.5 Å². The molecule has 1 unspecified atom stereocenters. The molecule has 1 aromatic heterocycles. The van der Waals surface area contributed by atoms with Gasteiger partial charge in [0, 0.05) is 17.5 Å². The average Bonchev–Trinajstić information content (AvgIpc) is 2.72. The number of fused-ring (bicyclic) bond motifs is 1. The van der Waals surface area contributed by atoms with Gasteiger partial charge < -0.3 is 19.2 Å². The van der Waals surface area contributed by atoms with Gasteiger partial charge in [0.05, 0.1) is 5.02 Å². The summed E-state index contributed by atoms with van der Waals surface area (Å²) in [7, 11) is 0. The molecule has 0 radical (unpaired) electrons. The van der Waals surface area contributed by atoms with Gasteiger partial charge in [0.15, 0.2) is 6.61 Å². The van der Waals surface area contributed by atoms with E-state index in [1.54, 1.807) is 30.3 Å². The number of ether oxygens (including phenoxy) is 2. The van der Waals surface area contributed by atoms with E-state index in [-0.39, 0.29) is 29.5 Å². The first-order valence-electron chi connectivity index (χ1n) is 9.34. The number of hydrogen-bond donors (Lipinski definition) is 1. The van der Waals surface area contributed by atoms with Gasteiger partial charge in [-0.1, -0.05) is 30.7 Å². The predicted octanol–water partition coefficient (Wildman–Crippen LogP) is 3.96. The van der Waals surface area contributed by atoms with E-state index in [4.69, 9.17) is 25.5 Å². The van der Waals surface area contributed by atoms with Crippen LogP contribution in [0, 0.1) is 0 Å². The van der Waals surface area contributed by atoms with E-state index in [1.807, 2.05) is 13.8 Å². The Bertz CT molecular complexity index is 1140. The summed E-state index contributed by atoms with van der Waals surface area (Å²) >= 11 is 5.97. The van der Waals surface area contributed by atoms with Gasteiger partial charge >= 0.3 is 11.6 Å². The SMILES string of the molecule is CCC(C)NC(=O)c1cc2ccc(OC(=O)COc3ccccc3Cl)cc2oc1=O. The smallest absolute Gasteiger partial charge is 0.349 e. The minimum atomic E-state index is -0.770. The Balaban J connectivity index is 1.71. The Morgan fingerprint density at radius 2 is 1.93 bits per heavy atom. The van der Waals surface area contributed by atoms with Crippen molar-refractivity contribution in [1.82, 2.24) is 5.32 Å². The van der Waals surface area contributed by atoms with Crippen LogP contribution in [0.4, 0.5) is 0 Å². The number of amides is 1. The lowest BCUT2D eigenvalue weighted by atomic mass is 10.1. The molecular formula is C22H20ClNO6. The maximum atomic E-state index is 12.2. The number of esters is 1.